The Morgan fingerprint density at radius 2 is 2.16 bits per heavy atom. The van der Waals surface area contributed by atoms with Crippen molar-refractivity contribution in [1.29, 1.82) is 0 Å². The van der Waals surface area contributed by atoms with E-state index in [1.165, 1.54) is 6.33 Å². The van der Waals surface area contributed by atoms with Crippen molar-refractivity contribution in [3.63, 3.8) is 0 Å². The van der Waals surface area contributed by atoms with Crippen LogP contribution in [0.4, 0.5) is 11.6 Å². The molecule has 19 heavy (non-hydrogen) atoms. The summed E-state index contributed by atoms with van der Waals surface area (Å²) in [4.78, 5) is 7.86. The number of ether oxygens (including phenoxy) is 1. The maximum Gasteiger partial charge on any atom is 0.150 e. The van der Waals surface area contributed by atoms with Gasteiger partial charge in [0.1, 0.15) is 22.9 Å². The maximum atomic E-state index is 6.01. The summed E-state index contributed by atoms with van der Waals surface area (Å²) < 4.78 is 5.28. The number of aromatic nitrogens is 2. The average molecular weight is 279 g/mol. The van der Waals surface area contributed by atoms with Crippen molar-refractivity contribution in [1.82, 2.24) is 9.97 Å². The number of hydrogen-bond donors (Lipinski definition) is 2. The SMILES string of the molecule is COc1cc(CNc2ncnc(N)c2Cl)ccc1C. The summed E-state index contributed by atoms with van der Waals surface area (Å²) in [5.74, 6) is 1.64. The highest BCUT2D eigenvalue weighted by atomic mass is 35.5. The Hall–Kier alpha value is -2.01. The molecule has 0 aliphatic heterocycles. The van der Waals surface area contributed by atoms with Crippen molar-refractivity contribution < 1.29 is 4.74 Å². The molecule has 1 heterocycles. The van der Waals surface area contributed by atoms with E-state index in [0.29, 0.717) is 17.4 Å². The molecule has 2 rings (SSSR count). The second kappa shape index (κ2) is 5.75. The molecule has 0 unspecified atom stereocenters. The first kappa shape index (κ1) is 13.4. The molecule has 0 spiro atoms. The third kappa shape index (κ3) is 3.06. The van der Waals surface area contributed by atoms with Crippen molar-refractivity contribution in [3.8, 4) is 5.75 Å². The first-order valence-electron chi connectivity index (χ1n) is 5.75. The molecule has 1 aromatic heterocycles. The number of nitrogen functional groups attached to an aromatic ring is 1. The minimum Gasteiger partial charge on any atom is -0.496 e. The molecule has 0 atom stereocenters. The summed E-state index contributed by atoms with van der Waals surface area (Å²) >= 11 is 6.01. The standard InChI is InChI=1S/C13H15ClN4O/c1-8-3-4-9(5-10(8)19-2)6-16-13-11(14)12(15)17-7-18-13/h3-5,7H,6H2,1-2H3,(H3,15,16,17,18). The van der Waals surface area contributed by atoms with Gasteiger partial charge in [-0.3, -0.25) is 0 Å². The second-order valence-electron chi connectivity index (χ2n) is 4.08. The molecule has 1 aromatic carbocycles. The average Bonchev–Trinajstić information content (AvgIpc) is 2.42. The van der Waals surface area contributed by atoms with Gasteiger partial charge < -0.3 is 15.8 Å². The van der Waals surface area contributed by atoms with Crippen molar-refractivity contribution >= 4 is 23.2 Å². The first-order chi connectivity index (χ1) is 9.11. The quantitative estimate of drug-likeness (QED) is 0.899. The highest BCUT2D eigenvalue weighted by molar-refractivity contribution is 6.35. The van der Waals surface area contributed by atoms with Crippen LogP contribution in [0, 0.1) is 6.92 Å². The number of hydrogen-bond acceptors (Lipinski definition) is 5. The maximum absolute atomic E-state index is 6.01. The number of nitrogens with two attached hydrogens (primary N) is 1. The summed E-state index contributed by atoms with van der Waals surface area (Å²) in [6.07, 6.45) is 1.37. The zero-order valence-corrected chi connectivity index (χ0v) is 11.5. The van der Waals surface area contributed by atoms with Crippen LogP contribution in [-0.2, 0) is 6.54 Å². The van der Waals surface area contributed by atoms with Gasteiger partial charge in [-0.05, 0) is 24.1 Å². The highest BCUT2D eigenvalue weighted by Gasteiger charge is 2.06. The number of nitrogens with one attached hydrogen (secondary N) is 1. The molecule has 0 aliphatic carbocycles. The summed E-state index contributed by atoms with van der Waals surface area (Å²) in [6, 6.07) is 6.00. The molecule has 0 radical (unpaired) electrons. The van der Waals surface area contributed by atoms with Gasteiger partial charge in [-0.25, -0.2) is 9.97 Å². The zero-order valence-electron chi connectivity index (χ0n) is 10.8. The first-order valence-corrected chi connectivity index (χ1v) is 6.13. The summed E-state index contributed by atoms with van der Waals surface area (Å²) in [6.45, 7) is 2.57. The molecular weight excluding hydrogens is 264 g/mol. The fraction of sp³-hybridized carbons (Fsp3) is 0.231. The third-order valence-corrected chi connectivity index (χ3v) is 3.12. The summed E-state index contributed by atoms with van der Waals surface area (Å²) in [7, 11) is 1.65. The van der Waals surface area contributed by atoms with Crippen LogP contribution in [-0.4, -0.2) is 17.1 Å². The predicted octanol–water partition coefficient (Wildman–Crippen LogP) is 2.64. The van der Waals surface area contributed by atoms with Gasteiger partial charge in [0, 0.05) is 6.54 Å². The molecule has 0 aliphatic rings. The van der Waals surface area contributed by atoms with Gasteiger partial charge >= 0.3 is 0 Å². The number of methoxy groups -OCH3 is 1. The molecule has 0 bridgehead atoms. The molecule has 0 amide bonds. The highest BCUT2D eigenvalue weighted by Crippen LogP contribution is 2.24. The van der Waals surface area contributed by atoms with Gasteiger partial charge in [-0.2, -0.15) is 0 Å². The van der Waals surface area contributed by atoms with E-state index in [4.69, 9.17) is 22.1 Å². The van der Waals surface area contributed by atoms with Crippen LogP contribution in [0.2, 0.25) is 5.02 Å². The van der Waals surface area contributed by atoms with E-state index in [-0.39, 0.29) is 5.82 Å². The number of aryl methyl sites for hydroxylation is 1. The van der Waals surface area contributed by atoms with Gasteiger partial charge in [0.05, 0.1) is 7.11 Å². The van der Waals surface area contributed by atoms with E-state index < -0.39 is 0 Å². The van der Waals surface area contributed by atoms with Crippen molar-refractivity contribution in [2.75, 3.05) is 18.2 Å². The smallest absolute Gasteiger partial charge is 0.150 e. The molecule has 0 saturated carbocycles. The molecule has 6 heteroatoms. The van der Waals surface area contributed by atoms with Crippen LogP contribution in [0.3, 0.4) is 0 Å². The number of halogens is 1. The summed E-state index contributed by atoms with van der Waals surface area (Å²) in [5.41, 5.74) is 7.77. The number of anilines is 2. The second-order valence-corrected chi connectivity index (χ2v) is 4.46. The Balaban J connectivity index is 2.12. The fourth-order valence-corrected chi connectivity index (χ4v) is 1.83. The van der Waals surface area contributed by atoms with E-state index in [9.17, 15) is 0 Å². The Kier molecular flexibility index (Phi) is 4.06. The van der Waals surface area contributed by atoms with Crippen molar-refractivity contribution in [2.45, 2.75) is 13.5 Å². The minimum atomic E-state index is 0.264. The van der Waals surface area contributed by atoms with Crippen LogP contribution in [0.5, 0.6) is 5.75 Å². The third-order valence-electron chi connectivity index (χ3n) is 2.75. The lowest BCUT2D eigenvalue weighted by atomic mass is 10.1. The van der Waals surface area contributed by atoms with Crippen LogP contribution in [0.15, 0.2) is 24.5 Å². The Morgan fingerprint density at radius 3 is 2.89 bits per heavy atom. The predicted molar refractivity (Wildman–Crippen MR) is 76.5 cm³/mol. The molecule has 0 saturated heterocycles. The lowest BCUT2D eigenvalue weighted by Crippen LogP contribution is -2.04. The van der Waals surface area contributed by atoms with Gasteiger partial charge in [0.15, 0.2) is 5.82 Å². The Morgan fingerprint density at radius 1 is 1.37 bits per heavy atom. The number of rotatable bonds is 4. The van der Waals surface area contributed by atoms with Gasteiger partial charge in [0.25, 0.3) is 0 Å². The van der Waals surface area contributed by atoms with E-state index in [0.717, 1.165) is 16.9 Å². The van der Waals surface area contributed by atoms with E-state index in [1.54, 1.807) is 7.11 Å². The molecule has 100 valence electrons. The van der Waals surface area contributed by atoms with E-state index in [2.05, 4.69) is 15.3 Å². The lowest BCUT2D eigenvalue weighted by molar-refractivity contribution is 0.411. The van der Waals surface area contributed by atoms with Crippen LogP contribution < -0.4 is 15.8 Å². The Labute approximate surface area is 116 Å². The molecular formula is C13H15ClN4O. The fourth-order valence-electron chi connectivity index (χ4n) is 1.67. The van der Waals surface area contributed by atoms with Crippen molar-refractivity contribution in [3.05, 3.63) is 40.7 Å². The van der Waals surface area contributed by atoms with Gasteiger partial charge in [-0.15, -0.1) is 0 Å². The molecule has 2 aromatic rings. The van der Waals surface area contributed by atoms with E-state index in [1.807, 2.05) is 25.1 Å². The normalized spacial score (nSPS) is 10.3. The van der Waals surface area contributed by atoms with Crippen molar-refractivity contribution in [2.24, 2.45) is 0 Å². The number of nitrogens with zero attached hydrogens (tertiary/aromatic N) is 2. The largest absolute Gasteiger partial charge is 0.496 e. The molecule has 0 fully saturated rings. The van der Waals surface area contributed by atoms with Crippen LogP contribution in [0.25, 0.3) is 0 Å². The topological polar surface area (TPSA) is 73.1 Å². The van der Waals surface area contributed by atoms with Gasteiger partial charge in [-0.1, -0.05) is 23.7 Å². The van der Waals surface area contributed by atoms with Gasteiger partial charge in [0.2, 0.25) is 0 Å². The zero-order chi connectivity index (χ0) is 13.8. The molecule has 5 nitrogen and oxygen atoms in total. The van der Waals surface area contributed by atoms with Crippen LogP contribution >= 0.6 is 11.6 Å². The summed E-state index contributed by atoms with van der Waals surface area (Å²) in [5, 5.41) is 3.46. The number of benzene rings is 1. The monoisotopic (exact) mass is 278 g/mol. The lowest BCUT2D eigenvalue weighted by Gasteiger charge is -2.10. The van der Waals surface area contributed by atoms with Crippen LogP contribution in [0.1, 0.15) is 11.1 Å². The Bertz CT molecular complexity index is 589. The molecule has 3 N–H and O–H groups in total. The minimum absolute atomic E-state index is 0.264. The van der Waals surface area contributed by atoms with E-state index >= 15 is 0 Å².